The minimum Gasteiger partial charge on any atom is -0.383 e. The monoisotopic (exact) mass is 271 g/mol. The van der Waals surface area contributed by atoms with Crippen molar-refractivity contribution in [2.75, 3.05) is 5.73 Å². The predicted molar refractivity (Wildman–Crippen MR) is 76.1 cm³/mol. The van der Waals surface area contributed by atoms with Gasteiger partial charge < -0.3 is 10.3 Å². The molecule has 2 N–H and O–H groups in total. The number of nitrogens with zero attached hydrogens (tertiary/aromatic N) is 4. The van der Waals surface area contributed by atoms with Gasteiger partial charge in [-0.25, -0.2) is 15.0 Å². The highest BCUT2D eigenvalue weighted by atomic mass is 32.1. The zero-order chi connectivity index (χ0) is 13.0. The van der Waals surface area contributed by atoms with Crippen LogP contribution < -0.4 is 5.73 Å². The molecule has 1 aliphatic carbocycles. The fourth-order valence-electron chi connectivity index (χ4n) is 2.71. The van der Waals surface area contributed by atoms with Crippen molar-refractivity contribution in [3.05, 3.63) is 23.0 Å². The maximum Gasteiger partial charge on any atom is 0.181 e. The zero-order valence-corrected chi connectivity index (χ0v) is 11.4. The van der Waals surface area contributed by atoms with Gasteiger partial charge in [-0.15, -0.1) is 11.3 Å². The van der Waals surface area contributed by atoms with Crippen molar-refractivity contribution in [3.8, 4) is 11.5 Å². The number of nitrogen functional groups attached to an aromatic ring is 1. The quantitative estimate of drug-likeness (QED) is 0.736. The third-order valence-corrected chi connectivity index (χ3v) is 4.82. The summed E-state index contributed by atoms with van der Waals surface area (Å²) in [6, 6.07) is 0. The molecule has 5 nitrogen and oxygen atoms in total. The molecule has 0 aliphatic heterocycles. The molecule has 96 valence electrons. The van der Waals surface area contributed by atoms with E-state index in [1.807, 2.05) is 11.6 Å². The highest BCUT2D eigenvalue weighted by Crippen LogP contribution is 2.39. The summed E-state index contributed by atoms with van der Waals surface area (Å²) in [6.07, 6.45) is 6.99. The van der Waals surface area contributed by atoms with Crippen LogP contribution in [0.25, 0.3) is 21.7 Å². The Bertz CT molecular complexity index is 786. The summed E-state index contributed by atoms with van der Waals surface area (Å²) in [4.78, 5) is 15.7. The van der Waals surface area contributed by atoms with Crippen LogP contribution in [-0.4, -0.2) is 19.5 Å². The minimum absolute atomic E-state index is 0.598. The molecule has 0 radical (unpaired) electrons. The van der Waals surface area contributed by atoms with Gasteiger partial charge in [0.1, 0.15) is 16.3 Å². The summed E-state index contributed by atoms with van der Waals surface area (Å²) in [7, 11) is 1.93. The molecule has 6 heteroatoms. The highest BCUT2D eigenvalue weighted by molar-refractivity contribution is 7.19. The molecule has 0 aromatic carbocycles. The number of aryl methyl sites for hydroxylation is 3. The van der Waals surface area contributed by atoms with Crippen LogP contribution in [0.15, 0.2) is 12.5 Å². The lowest BCUT2D eigenvalue weighted by Crippen LogP contribution is -2.00. The van der Waals surface area contributed by atoms with Crippen LogP contribution in [-0.2, 0) is 19.9 Å². The van der Waals surface area contributed by atoms with E-state index in [4.69, 9.17) is 5.73 Å². The molecule has 0 unspecified atom stereocenters. The van der Waals surface area contributed by atoms with E-state index in [0.717, 1.165) is 28.8 Å². The van der Waals surface area contributed by atoms with Gasteiger partial charge in [0.15, 0.2) is 5.82 Å². The predicted octanol–water partition coefficient (Wildman–Crippen LogP) is 2.16. The zero-order valence-electron chi connectivity index (χ0n) is 10.6. The molecule has 0 saturated carbocycles. The topological polar surface area (TPSA) is 69.6 Å². The fourth-order valence-corrected chi connectivity index (χ4v) is 3.98. The molecular formula is C13H13N5S. The Labute approximate surface area is 114 Å². The molecule has 0 fully saturated rings. The summed E-state index contributed by atoms with van der Waals surface area (Å²) < 4.78 is 1.90. The van der Waals surface area contributed by atoms with E-state index in [9.17, 15) is 0 Å². The van der Waals surface area contributed by atoms with E-state index in [-0.39, 0.29) is 0 Å². The van der Waals surface area contributed by atoms with Crippen LogP contribution in [0, 0.1) is 0 Å². The van der Waals surface area contributed by atoms with Gasteiger partial charge in [-0.1, -0.05) is 0 Å². The van der Waals surface area contributed by atoms with Crippen LogP contribution in [0.4, 0.5) is 5.82 Å². The molecule has 0 saturated heterocycles. The van der Waals surface area contributed by atoms with Crippen molar-refractivity contribution >= 4 is 27.4 Å². The largest absolute Gasteiger partial charge is 0.383 e. The Balaban J connectivity index is 1.99. The molecule has 4 rings (SSSR count). The molecule has 0 amide bonds. The number of rotatable bonds is 1. The van der Waals surface area contributed by atoms with Crippen LogP contribution in [0.1, 0.15) is 16.9 Å². The van der Waals surface area contributed by atoms with E-state index in [1.165, 1.54) is 16.9 Å². The number of nitrogens with two attached hydrogens (primary N) is 1. The van der Waals surface area contributed by atoms with Crippen LogP contribution in [0.2, 0.25) is 0 Å². The van der Waals surface area contributed by atoms with E-state index in [0.29, 0.717) is 11.6 Å². The summed E-state index contributed by atoms with van der Waals surface area (Å²) >= 11 is 1.76. The van der Waals surface area contributed by atoms with Crippen LogP contribution in [0.3, 0.4) is 0 Å². The highest BCUT2D eigenvalue weighted by Gasteiger charge is 2.22. The van der Waals surface area contributed by atoms with Crippen LogP contribution in [0.5, 0.6) is 0 Å². The molecule has 0 spiro atoms. The van der Waals surface area contributed by atoms with Crippen molar-refractivity contribution in [3.63, 3.8) is 0 Å². The molecule has 0 bridgehead atoms. The van der Waals surface area contributed by atoms with Gasteiger partial charge >= 0.3 is 0 Å². The van der Waals surface area contributed by atoms with Gasteiger partial charge in [0.25, 0.3) is 0 Å². The van der Waals surface area contributed by atoms with E-state index < -0.39 is 0 Å². The number of anilines is 1. The summed E-state index contributed by atoms with van der Waals surface area (Å²) in [6.45, 7) is 0. The molecule has 3 aromatic heterocycles. The Hall–Kier alpha value is -1.95. The number of thiophene rings is 1. The van der Waals surface area contributed by atoms with E-state index >= 15 is 0 Å². The summed E-state index contributed by atoms with van der Waals surface area (Å²) in [5.74, 6) is 1.26. The van der Waals surface area contributed by atoms with Crippen molar-refractivity contribution in [1.29, 1.82) is 0 Å². The van der Waals surface area contributed by atoms with Gasteiger partial charge in [-0.3, -0.25) is 0 Å². The first-order valence-electron chi connectivity index (χ1n) is 6.28. The number of hydrogen-bond donors (Lipinski definition) is 1. The van der Waals surface area contributed by atoms with Crippen molar-refractivity contribution in [2.45, 2.75) is 19.3 Å². The third kappa shape index (κ3) is 1.49. The van der Waals surface area contributed by atoms with Gasteiger partial charge in [-0.05, 0) is 24.8 Å². The first-order valence-corrected chi connectivity index (χ1v) is 7.10. The molecule has 1 aliphatic rings. The van der Waals surface area contributed by atoms with Gasteiger partial charge in [0, 0.05) is 11.9 Å². The second kappa shape index (κ2) is 3.77. The summed E-state index contributed by atoms with van der Waals surface area (Å²) in [5, 5.41) is 1.07. The third-order valence-electron chi connectivity index (χ3n) is 3.64. The lowest BCUT2D eigenvalue weighted by atomic mass is 10.2. The Morgan fingerprint density at radius 3 is 3.00 bits per heavy atom. The maximum absolute atomic E-state index is 6.16. The average molecular weight is 271 g/mol. The van der Waals surface area contributed by atoms with Gasteiger partial charge in [-0.2, -0.15) is 0 Å². The number of imidazole rings is 1. The smallest absolute Gasteiger partial charge is 0.181 e. The fraction of sp³-hybridized carbons (Fsp3) is 0.308. The first kappa shape index (κ1) is 10.9. The average Bonchev–Trinajstić information content (AvgIpc) is 3.02. The summed E-state index contributed by atoms with van der Waals surface area (Å²) in [5.41, 5.74) is 8.42. The van der Waals surface area contributed by atoms with Crippen LogP contribution >= 0.6 is 11.3 Å². The lowest BCUT2D eigenvalue weighted by molar-refractivity contribution is 0.910. The molecule has 19 heavy (non-hydrogen) atoms. The van der Waals surface area contributed by atoms with Crippen molar-refractivity contribution in [1.82, 2.24) is 19.5 Å². The molecular weight excluding hydrogens is 258 g/mol. The standard InChI is InChI=1S/C13H13N5S/c1-18-6-15-5-8(18)12-16-11(14)10-7-3-2-4-9(7)19-13(10)17-12/h5-6H,2-4H2,1H3,(H2,14,16,17). The van der Waals surface area contributed by atoms with Gasteiger partial charge in [0.05, 0.1) is 17.9 Å². The minimum atomic E-state index is 0.598. The molecule has 3 heterocycles. The van der Waals surface area contributed by atoms with E-state index in [2.05, 4.69) is 15.0 Å². The second-order valence-corrected chi connectivity index (χ2v) is 5.94. The molecule has 0 atom stereocenters. The van der Waals surface area contributed by atoms with Crippen molar-refractivity contribution < 1.29 is 0 Å². The SMILES string of the molecule is Cn1cncc1-c1nc(N)c2c3c(sc2n1)CCC3. The molecule has 3 aromatic rings. The Morgan fingerprint density at radius 1 is 1.32 bits per heavy atom. The Morgan fingerprint density at radius 2 is 2.21 bits per heavy atom. The maximum atomic E-state index is 6.16. The van der Waals surface area contributed by atoms with E-state index in [1.54, 1.807) is 23.9 Å². The first-order chi connectivity index (χ1) is 9.24. The number of fused-ring (bicyclic) bond motifs is 3. The normalized spacial score (nSPS) is 14.2. The Kier molecular flexibility index (Phi) is 2.17. The lowest BCUT2D eigenvalue weighted by Gasteiger charge is -2.04. The second-order valence-electron chi connectivity index (χ2n) is 4.86. The number of hydrogen-bond acceptors (Lipinski definition) is 5. The number of aromatic nitrogens is 4. The van der Waals surface area contributed by atoms with Crippen molar-refractivity contribution in [2.24, 2.45) is 7.05 Å². The van der Waals surface area contributed by atoms with Gasteiger partial charge in [0.2, 0.25) is 0 Å².